The Morgan fingerprint density at radius 2 is 2.00 bits per heavy atom. The van der Waals surface area contributed by atoms with E-state index in [-0.39, 0.29) is 5.56 Å². The molecule has 0 aromatic carbocycles. The van der Waals surface area contributed by atoms with E-state index < -0.39 is 11.7 Å². The molecule has 0 aliphatic rings. The van der Waals surface area contributed by atoms with Crippen molar-refractivity contribution < 1.29 is 9.53 Å². The van der Waals surface area contributed by atoms with Gasteiger partial charge in [-0.3, -0.25) is 4.79 Å². The number of ether oxygens (including phenoxy) is 1. The highest BCUT2D eigenvalue weighted by atomic mass is 16.6. The highest BCUT2D eigenvalue weighted by Gasteiger charge is 2.15. The van der Waals surface area contributed by atoms with Gasteiger partial charge >= 0.3 is 6.09 Å². The fraction of sp³-hybridized carbons (Fsp3) is 0.625. The summed E-state index contributed by atoms with van der Waals surface area (Å²) in [7, 11) is 0. The minimum atomic E-state index is -0.477. The third kappa shape index (κ3) is 7.15. The van der Waals surface area contributed by atoms with Crippen LogP contribution in [0.1, 0.15) is 40.5 Å². The number of anilines is 1. The van der Waals surface area contributed by atoms with E-state index in [1.54, 1.807) is 16.7 Å². The molecule has 0 saturated heterocycles. The SMILES string of the molecule is CCCn1cc(NCCCNC(=O)OC(C)(C)C)ccc1=O. The number of aryl methyl sites for hydroxylation is 1. The monoisotopic (exact) mass is 309 g/mol. The Labute approximate surface area is 131 Å². The Balaban J connectivity index is 2.29. The fourth-order valence-electron chi connectivity index (χ4n) is 1.88. The van der Waals surface area contributed by atoms with Gasteiger partial charge in [-0.15, -0.1) is 0 Å². The van der Waals surface area contributed by atoms with E-state index in [2.05, 4.69) is 10.6 Å². The van der Waals surface area contributed by atoms with Crippen LogP contribution in [0.4, 0.5) is 10.5 Å². The molecule has 0 bridgehead atoms. The van der Waals surface area contributed by atoms with Crippen LogP contribution in [-0.2, 0) is 11.3 Å². The van der Waals surface area contributed by atoms with E-state index >= 15 is 0 Å². The summed E-state index contributed by atoms with van der Waals surface area (Å²) in [5.74, 6) is 0. The molecule has 6 heteroatoms. The third-order valence-electron chi connectivity index (χ3n) is 2.80. The molecule has 0 atom stereocenters. The van der Waals surface area contributed by atoms with Crippen molar-refractivity contribution in [3.05, 3.63) is 28.7 Å². The van der Waals surface area contributed by atoms with Crippen LogP contribution in [0.15, 0.2) is 23.1 Å². The van der Waals surface area contributed by atoms with Gasteiger partial charge < -0.3 is 19.9 Å². The standard InChI is InChI=1S/C16H27N3O3/c1-5-11-19-12-13(7-8-14(19)20)17-9-6-10-18-15(21)22-16(2,3)4/h7-8,12,17H,5-6,9-11H2,1-4H3,(H,18,21). The summed E-state index contributed by atoms with van der Waals surface area (Å²) < 4.78 is 6.85. The number of nitrogens with zero attached hydrogens (tertiary/aromatic N) is 1. The molecule has 0 fully saturated rings. The van der Waals surface area contributed by atoms with Gasteiger partial charge in [0.1, 0.15) is 5.60 Å². The number of carbonyl (C=O) groups is 1. The van der Waals surface area contributed by atoms with Gasteiger partial charge in [0, 0.05) is 31.9 Å². The molecule has 0 radical (unpaired) electrons. The molecule has 22 heavy (non-hydrogen) atoms. The summed E-state index contributed by atoms with van der Waals surface area (Å²) in [6, 6.07) is 3.34. The maximum atomic E-state index is 11.6. The van der Waals surface area contributed by atoms with Crippen molar-refractivity contribution in [3.63, 3.8) is 0 Å². The number of alkyl carbamates (subject to hydrolysis) is 1. The summed E-state index contributed by atoms with van der Waals surface area (Å²) in [6.07, 6.45) is 3.12. The number of rotatable bonds is 7. The zero-order valence-corrected chi connectivity index (χ0v) is 13.9. The summed E-state index contributed by atoms with van der Waals surface area (Å²) in [5, 5.41) is 5.95. The summed E-state index contributed by atoms with van der Waals surface area (Å²) in [6.45, 7) is 9.50. The van der Waals surface area contributed by atoms with Gasteiger partial charge in [0.2, 0.25) is 0 Å². The zero-order chi connectivity index (χ0) is 16.6. The lowest BCUT2D eigenvalue weighted by Gasteiger charge is -2.19. The summed E-state index contributed by atoms with van der Waals surface area (Å²) in [5.41, 5.74) is 0.444. The first-order valence-electron chi connectivity index (χ1n) is 7.73. The fourth-order valence-corrected chi connectivity index (χ4v) is 1.88. The molecule has 1 heterocycles. The van der Waals surface area contributed by atoms with E-state index in [0.717, 1.165) is 18.5 Å². The minimum absolute atomic E-state index is 0.0130. The molecule has 6 nitrogen and oxygen atoms in total. The highest BCUT2D eigenvalue weighted by molar-refractivity contribution is 5.67. The minimum Gasteiger partial charge on any atom is -0.444 e. The molecular weight excluding hydrogens is 282 g/mol. The van der Waals surface area contributed by atoms with Crippen molar-refractivity contribution in [2.75, 3.05) is 18.4 Å². The lowest BCUT2D eigenvalue weighted by atomic mass is 10.2. The first-order chi connectivity index (χ1) is 10.3. The summed E-state index contributed by atoms with van der Waals surface area (Å²) in [4.78, 5) is 23.1. The Morgan fingerprint density at radius 1 is 1.27 bits per heavy atom. The average Bonchev–Trinajstić information content (AvgIpc) is 2.40. The van der Waals surface area contributed by atoms with Crippen molar-refractivity contribution in [1.29, 1.82) is 0 Å². The molecule has 0 aliphatic carbocycles. The Morgan fingerprint density at radius 3 is 2.64 bits per heavy atom. The average molecular weight is 309 g/mol. The van der Waals surface area contributed by atoms with Crippen LogP contribution in [0.2, 0.25) is 0 Å². The first kappa shape index (κ1) is 18.1. The highest BCUT2D eigenvalue weighted by Crippen LogP contribution is 2.06. The van der Waals surface area contributed by atoms with E-state index in [1.807, 2.05) is 33.9 Å². The molecule has 1 amide bonds. The quantitative estimate of drug-likeness (QED) is 0.759. The third-order valence-corrected chi connectivity index (χ3v) is 2.80. The van der Waals surface area contributed by atoms with Gasteiger partial charge in [-0.1, -0.05) is 6.92 Å². The van der Waals surface area contributed by atoms with Gasteiger partial charge in [-0.05, 0) is 39.7 Å². The molecule has 2 N–H and O–H groups in total. The van der Waals surface area contributed by atoms with Crippen LogP contribution in [0.25, 0.3) is 0 Å². The molecule has 0 saturated carbocycles. The molecule has 124 valence electrons. The van der Waals surface area contributed by atoms with Crippen molar-refractivity contribution in [3.8, 4) is 0 Å². The molecule has 0 unspecified atom stereocenters. The van der Waals surface area contributed by atoms with Crippen LogP contribution >= 0.6 is 0 Å². The van der Waals surface area contributed by atoms with Crippen molar-refractivity contribution in [2.45, 2.75) is 52.7 Å². The van der Waals surface area contributed by atoms with Crippen molar-refractivity contribution in [2.24, 2.45) is 0 Å². The molecule has 1 aromatic rings. The number of hydrogen-bond donors (Lipinski definition) is 2. The van der Waals surface area contributed by atoms with Crippen molar-refractivity contribution in [1.82, 2.24) is 9.88 Å². The molecule has 0 aliphatic heterocycles. The van der Waals surface area contributed by atoms with Crippen LogP contribution in [0.3, 0.4) is 0 Å². The Kier molecular flexibility index (Phi) is 6.95. The lowest BCUT2D eigenvalue weighted by molar-refractivity contribution is 0.0528. The summed E-state index contributed by atoms with van der Waals surface area (Å²) >= 11 is 0. The van der Waals surface area contributed by atoms with Crippen LogP contribution in [0.5, 0.6) is 0 Å². The number of pyridine rings is 1. The topological polar surface area (TPSA) is 72.4 Å². The van der Waals surface area contributed by atoms with E-state index in [9.17, 15) is 9.59 Å². The Bertz CT molecular complexity index is 532. The smallest absolute Gasteiger partial charge is 0.407 e. The maximum Gasteiger partial charge on any atom is 0.407 e. The first-order valence-corrected chi connectivity index (χ1v) is 7.73. The second kappa shape index (κ2) is 8.46. The lowest BCUT2D eigenvalue weighted by Crippen LogP contribution is -2.33. The second-order valence-electron chi connectivity index (χ2n) is 6.16. The number of amides is 1. The number of carbonyl (C=O) groups excluding carboxylic acids is 1. The second-order valence-corrected chi connectivity index (χ2v) is 6.16. The van der Waals surface area contributed by atoms with Crippen LogP contribution in [0, 0.1) is 0 Å². The van der Waals surface area contributed by atoms with E-state index in [4.69, 9.17) is 4.74 Å². The largest absolute Gasteiger partial charge is 0.444 e. The van der Waals surface area contributed by atoms with Crippen molar-refractivity contribution >= 4 is 11.8 Å². The normalized spacial score (nSPS) is 11.1. The number of nitrogens with one attached hydrogen (secondary N) is 2. The molecule has 1 aromatic heterocycles. The van der Waals surface area contributed by atoms with Gasteiger partial charge in [0.25, 0.3) is 5.56 Å². The van der Waals surface area contributed by atoms with Gasteiger partial charge in [0.05, 0.1) is 5.69 Å². The predicted molar refractivity (Wildman–Crippen MR) is 88.3 cm³/mol. The van der Waals surface area contributed by atoms with Crippen LogP contribution in [-0.4, -0.2) is 29.4 Å². The van der Waals surface area contributed by atoms with E-state index in [1.165, 1.54) is 0 Å². The number of hydrogen-bond acceptors (Lipinski definition) is 4. The predicted octanol–water partition coefficient (Wildman–Crippen LogP) is 2.59. The Hall–Kier alpha value is -1.98. The van der Waals surface area contributed by atoms with Gasteiger partial charge in [0.15, 0.2) is 0 Å². The number of aromatic nitrogens is 1. The molecular formula is C16H27N3O3. The van der Waals surface area contributed by atoms with Gasteiger partial charge in [-0.25, -0.2) is 4.79 Å². The maximum absolute atomic E-state index is 11.6. The zero-order valence-electron chi connectivity index (χ0n) is 13.9. The molecule has 0 spiro atoms. The van der Waals surface area contributed by atoms with Gasteiger partial charge in [-0.2, -0.15) is 0 Å². The molecule has 1 rings (SSSR count). The van der Waals surface area contributed by atoms with Crippen LogP contribution < -0.4 is 16.2 Å². The van der Waals surface area contributed by atoms with E-state index in [0.29, 0.717) is 19.6 Å².